The van der Waals surface area contributed by atoms with Crippen LogP contribution in [0, 0.1) is 5.92 Å². The lowest BCUT2D eigenvalue weighted by Gasteiger charge is -2.46. The summed E-state index contributed by atoms with van der Waals surface area (Å²) >= 11 is 0. The fourth-order valence-electron chi connectivity index (χ4n) is 8.09. The molecular weight excluding hydrogens is 658 g/mol. The van der Waals surface area contributed by atoms with E-state index in [1.807, 2.05) is 54.6 Å². The molecule has 6 rings (SSSR count). The molecule has 0 bridgehead atoms. The summed E-state index contributed by atoms with van der Waals surface area (Å²) in [6.07, 6.45) is 4.20. The van der Waals surface area contributed by atoms with E-state index in [-0.39, 0.29) is 35.7 Å². The first-order valence-corrected chi connectivity index (χ1v) is 18.6. The Bertz CT molecular complexity index is 1700. The molecule has 4 atom stereocenters. The Balaban J connectivity index is 1.23. The van der Waals surface area contributed by atoms with Crippen molar-refractivity contribution in [3.63, 3.8) is 0 Å². The number of aromatic hydroxyl groups is 2. The summed E-state index contributed by atoms with van der Waals surface area (Å²) in [4.78, 5) is 61.6. The Morgan fingerprint density at radius 2 is 1.42 bits per heavy atom. The number of nitrogens with one attached hydrogen (secondary N) is 1. The van der Waals surface area contributed by atoms with E-state index in [1.54, 1.807) is 39.0 Å². The Morgan fingerprint density at radius 3 is 2.10 bits per heavy atom. The molecular formula is C41H51N5O6. The van der Waals surface area contributed by atoms with Crippen LogP contribution < -0.4 is 5.32 Å². The van der Waals surface area contributed by atoms with Gasteiger partial charge in [0.25, 0.3) is 0 Å². The van der Waals surface area contributed by atoms with Gasteiger partial charge in [0.15, 0.2) is 0 Å². The molecule has 0 spiro atoms. The summed E-state index contributed by atoms with van der Waals surface area (Å²) in [7, 11) is 0. The maximum Gasteiger partial charge on any atom is 0.312 e. The molecule has 3 aliphatic heterocycles. The van der Waals surface area contributed by atoms with Crippen LogP contribution in [0.2, 0.25) is 0 Å². The number of benzene rings is 3. The molecule has 52 heavy (non-hydrogen) atoms. The lowest BCUT2D eigenvalue weighted by Crippen LogP contribution is -2.64. The number of piperazine rings is 2. The molecule has 11 heteroatoms. The first-order chi connectivity index (χ1) is 25.0. The Kier molecular flexibility index (Phi) is 11.8. The molecule has 276 valence electrons. The van der Waals surface area contributed by atoms with Gasteiger partial charge >= 0.3 is 23.6 Å². The van der Waals surface area contributed by atoms with Gasteiger partial charge in [-0.2, -0.15) is 0 Å². The molecule has 0 unspecified atom stereocenters. The van der Waals surface area contributed by atoms with Crippen molar-refractivity contribution in [1.82, 2.24) is 24.9 Å². The number of nitrogens with zero attached hydrogens (tertiary/aromatic N) is 4. The van der Waals surface area contributed by atoms with Gasteiger partial charge < -0.3 is 30.2 Å². The minimum atomic E-state index is -0.609. The second kappa shape index (κ2) is 16.6. The van der Waals surface area contributed by atoms with Gasteiger partial charge in [-0.3, -0.25) is 24.1 Å². The van der Waals surface area contributed by atoms with Crippen LogP contribution in [0.4, 0.5) is 0 Å². The number of likely N-dealkylation sites (tertiary alicyclic amines) is 1. The number of hydrogen-bond acceptors (Lipinski definition) is 7. The van der Waals surface area contributed by atoms with Crippen LogP contribution in [0.15, 0.2) is 78.9 Å². The van der Waals surface area contributed by atoms with Gasteiger partial charge in [-0.05, 0) is 91.9 Å². The van der Waals surface area contributed by atoms with E-state index in [4.69, 9.17) is 0 Å². The largest absolute Gasteiger partial charge is 0.508 e. The number of phenols is 2. The number of carbonyl (C=O) groups is 4. The second-order valence-electron chi connectivity index (χ2n) is 15.0. The molecule has 3 fully saturated rings. The van der Waals surface area contributed by atoms with E-state index >= 15 is 0 Å². The topological polar surface area (TPSA) is 134 Å². The molecule has 0 aliphatic carbocycles. The molecule has 3 aromatic carbocycles. The predicted molar refractivity (Wildman–Crippen MR) is 197 cm³/mol. The average molecular weight is 710 g/mol. The summed E-state index contributed by atoms with van der Waals surface area (Å²) in [5.41, 5.74) is 3.02. The normalized spacial score (nSPS) is 22.0. The lowest BCUT2D eigenvalue weighted by atomic mass is 9.95. The predicted octanol–water partition coefficient (Wildman–Crippen LogP) is 3.37. The fourth-order valence-corrected chi connectivity index (χ4v) is 8.09. The third-order valence-corrected chi connectivity index (χ3v) is 10.8. The quantitative estimate of drug-likeness (QED) is 0.219. The van der Waals surface area contributed by atoms with Crippen molar-refractivity contribution in [3.8, 4) is 11.5 Å². The van der Waals surface area contributed by atoms with E-state index in [9.17, 15) is 29.4 Å². The van der Waals surface area contributed by atoms with Crippen LogP contribution in [0.1, 0.15) is 49.8 Å². The Labute approximate surface area is 306 Å². The number of carbonyl (C=O) groups excluding carboxylic acids is 4. The standard InChI is InChI=1S/C41H51N5O6/c1-28(2)21-34-27-46(41(52)40(51)44(34)20-18-29-7-4-3-5-8-29)35(23-31-12-16-37(48)17-13-31)25-43-19-6-9-32(43)26-45-33(24-42-38(49)39(45)50)22-30-10-14-36(47)15-11-30/h3-5,7-8,10-17,28,32-35,47-48H,6,9,18-27H2,1-2H3,(H,42,49)/t32-,33-,34-,35-/m0/s1. The molecule has 3 aromatic rings. The summed E-state index contributed by atoms with van der Waals surface area (Å²) in [5, 5.41) is 22.5. The Hall–Kier alpha value is -4.90. The average Bonchev–Trinajstić information content (AvgIpc) is 3.57. The number of hydrogen-bond donors (Lipinski definition) is 3. The van der Waals surface area contributed by atoms with E-state index in [2.05, 4.69) is 24.1 Å². The van der Waals surface area contributed by atoms with Crippen molar-refractivity contribution in [2.24, 2.45) is 5.92 Å². The summed E-state index contributed by atoms with van der Waals surface area (Å²) in [6.45, 7) is 7.15. The van der Waals surface area contributed by atoms with Gasteiger partial charge in [-0.1, -0.05) is 68.4 Å². The second-order valence-corrected chi connectivity index (χ2v) is 15.0. The molecule has 0 aromatic heterocycles. The van der Waals surface area contributed by atoms with Crippen LogP contribution in [-0.2, 0) is 38.4 Å². The molecule has 3 N–H and O–H groups in total. The van der Waals surface area contributed by atoms with Crippen LogP contribution in [0.25, 0.3) is 0 Å². The SMILES string of the molecule is CC(C)C[C@H]1CN([C@@H](Cc2ccc(O)cc2)CN2CCC[C@H]2CN2C(=O)C(=O)NC[C@@H]2Cc2ccc(O)cc2)C(=O)C(=O)N1CCc1ccccc1. The molecule has 0 saturated carbocycles. The van der Waals surface area contributed by atoms with E-state index < -0.39 is 23.6 Å². The van der Waals surface area contributed by atoms with Gasteiger partial charge in [0.2, 0.25) is 0 Å². The summed E-state index contributed by atoms with van der Waals surface area (Å²) in [6, 6.07) is 23.2. The van der Waals surface area contributed by atoms with Crippen molar-refractivity contribution < 1.29 is 29.4 Å². The Morgan fingerprint density at radius 1 is 0.750 bits per heavy atom. The maximum absolute atomic E-state index is 14.1. The summed E-state index contributed by atoms with van der Waals surface area (Å²) in [5.74, 6) is -1.48. The van der Waals surface area contributed by atoms with Crippen molar-refractivity contribution in [2.45, 2.75) is 76.5 Å². The molecule has 0 radical (unpaired) electrons. The maximum atomic E-state index is 14.1. The highest BCUT2D eigenvalue weighted by molar-refractivity contribution is 6.36. The zero-order valence-corrected chi connectivity index (χ0v) is 30.2. The summed E-state index contributed by atoms with van der Waals surface area (Å²) < 4.78 is 0. The van der Waals surface area contributed by atoms with Crippen LogP contribution in [0.5, 0.6) is 11.5 Å². The molecule has 11 nitrogen and oxygen atoms in total. The van der Waals surface area contributed by atoms with Crippen molar-refractivity contribution in [1.29, 1.82) is 0 Å². The smallest absolute Gasteiger partial charge is 0.312 e. The first-order valence-electron chi connectivity index (χ1n) is 18.6. The first kappa shape index (κ1) is 36.9. The monoisotopic (exact) mass is 709 g/mol. The minimum absolute atomic E-state index is 0.0380. The van der Waals surface area contributed by atoms with Gasteiger partial charge in [0.1, 0.15) is 11.5 Å². The highest BCUT2D eigenvalue weighted by atomic mass is 16.3. The van der Waals surface area contributed by atoms with E-state index in [0.29, 0.717) is 57.9 Å². The number of phenolic OH excluding ortho intramolecular Hbond substituents is 2. The van der Waals surface area contributed by atoms with Crippen LogP contribution >= 0.6 is 0 Å². The van der Waals surface area contributed by atoms with Gasteiger partial charge in [-0.15, -0.1) is 0 Å². The van der Waals surface area contributed by atoms with Crippen LogP contribution in [0.3, 0.4) is 0 Å². The van der Waals surface area contributed by atoms with E-state index in [0.717, 1.165) is 42.5 Å². The van der Waals surface area contributed by atoms with E-state index in [1.165, 1.54) is 0 Å². The van der Waals surface area contributed by atoms with Gasteiger partial charge in [0.05, 0.1) is 12.1 Å². The third kappa shape index (κ3) is 8.93. The van der Waals surface area contributed by atoms with Gasteiger partial charge in [-0.25, -0.2) is 0 Å². The zero-order valence-electron chi connectivity index (χ0n) is 30.2. The van der Waals surface area contributed by atoms with Crippen molar-refractivity contribution in [2.75, 3.05) is 39.3 Å². The van der Waals surface area contributed by atoms with Gasteiger partial charge in [0, 0.05) is 44.8 Å². The van der Waals surface area contributed by atoms with Crippen molar-refractivity contribution >= 4 is 23.6 Å². The number of rotatable bonds is 14. The lowest BCUT2D eigenvalue weighted by molar-refractivity contribution is -0.161. The highest BCUT2D eigenvalue weighted by Gasteiger charge is 2.44. The molecule has 3 aliphatic rings. The van der Waals surface area contributed by atoms with Crippen molar-refractivity contribution in [3.05, 3.63) is 95.6 Å². The fraction of sp³-hybridized carbons (Fsp3) is 0.463. The minimum Gasteiger partial charge on any atom is -0.508 e. The molecule has 3 heterocycles. The molecule has 4 amide bonds. The highest BCUT2D eigenvalue weighted by Crippen LogP contribution is 2.27. The number of amides is 4. The third-order valence-electron chi connectivity index (χ3n) is 10.8. The molecule has 3 saturated heterocycles. The van der Waals surface area contributed by atoms with Crippen LogP contribution in [-0.4, -0.2) is 117 Å². The zero-order chi connectivity index (χ0) is 36.8.